The lowest BCUT2D eigenvalue weighted by Gasteiger charge is -2.26. The zero-order valence-corrected chi connectivity index (χ0v) is 17.6. The fraction of sp³-hybridized carbons (Fsp3) is 0.350. The average Bonchev–Trinajstić information content (AvgIpc) is 2.73. The van der Waals surface area contributed by atoms with Crippen molar-refractivity contribution in [1.29, 1.82) is 0 Å². The maximum absolute atomic E-state index is 12.7. The van der Waals surface area contributed by atoms with Crippen LogP contribution < -0.4 is 4.72 Å². The number of hydrogen-bond acceptors (Lipinski definition) is 6. The number of hydrogen-bond donors (Lipinski definition) is 1. The third-order valence-corrected chi connectivity index (χ3v) is 6.49. The number of halogens is 1. The second-order valence-electron chi connectivity index (χ2n) is 6.67. The molecule has 9 heteroatoms. The maximum Gasteiger partial charge on any atom is 0.337 e. The second kappa shape index (κ2) is 9.69. The Morgan fingerprint density at radius 2 is 1.90 bits per heavy atom. The molecule has 0 atom stereocenters. The molecular weight excluding hydrogens is 416 g/mol. The number of methoxy groups -OCH3 is 1. The molecule has 0 aromatic heterocycles. The molecule has 2 aromatic carbocycles. The molecular formula is C20H23ClN2O5S. The highest BCUT2D eigenvalue weighted by Gasteiger charge is 2.20. The van der Waals surface area contributed by atoms with Gasteiger partial charge in [0, 0.05) is 26.2 Å². The lowest BCUT2D eigenvalue weighted by Crippen LogP contribution is -2.35. The first-order valence-corrected chi connectivity index (χ1v) is 11.0. The minimum atomic E-state index is -3.91. The van der Waals surface area contributed by atoms with Crippen LogP contribution in [0, 0.1) is 0 Å². The Balaban J connectivity index is 1.70. The van der Waals surface area contributed by atoms with Gasteiger partial charge in [0.05, 0.1) is 30.9 Å². The van der Waals surface area contributed by atoms with E-state index in [1.54, 1.807) is 0 Å². The molecule has 0 radical (unpaired) electrons. The molecule has 1 saturated heterocycles. The second-order valence-corrected chi connectivity index (χ2v) is 8.81. The normalized spacial score (nSPS) is 15.2. The fourth-order valence-corrected chi connectivity index (χ4v) is 4.61. The summed E-state index contributed by atoms with van der Waals surface area (Å²) in [6, 6.07) is 11.8. The first-order valence-electron chi connectivity index (χ1n) is 9.14. The molecule has 7 nitrogen and oxygen atoms in total. The molecule has 0 spiro atoms. The Morgan fingerprint density at radius 1 is 1.17 bits per heavy atom. The number of morpholine rings is 1. The van der Waals surface area contributed by atoms with Crippen molar-refractivity contribution in [2.24, 2.45) is 0 Å². The van der Waals surface area contributed by atoms with Gasteiger partial charge in [-0.15, -0.1) is 0 Å². The van der Waals surface area contributed by atoms with Gasteiger partial charge in [0.1, 0.15) is 4.90 Å². The van der Waals surface area contributed by atoms with Crippen molar-refractivity contribution in [3.05, 3.63) is 64.2 Å². The van der Waals surface area contributed by atoms with E-state index in [4.69, 9.17) is 16.3 Å². The van der Waals surface area contributed by atoms with Crippen LogP contribution in [0.5, 0.6) is 0 Å². The van der Waals surface area contributed by atoms with Gasteiger partial charge in [-0.25, -0.2) is 17.9 Å². The first kappa shape index (κ1) is 21.7. The van der Waals surface area contributed by atoms with Crippen LogP contribution >= 0.6 is 11.6 Å². The monoisotopic (exact) mass is 438 g/mol. The highest BCUT2D eigenvalue weighted by molar-refractivity contribution is 7.89. The minimum Gasteiger partial charge on any atom is -0.465 e. The highest BCUT2D eigenvalue weighted by Crippen LogP contribution is 2.23. The predicted molar refractivity (Wildman–Crippen MR) is 109 cm³/mol. The summed E-state index contributed by atoms with van der Waals surface area (Å²) in [5.41, 5.74) is 2.05. The Kier molecular flexibility index (Phi) is 7.26. The van der Waals surface area contributed by atoms with Gasteiger partial charge in [-0.3, -0.25) is 4.90 Å². The molecule has 1 N–H and O–H groups in total. The molecule has 0 amide bonds. The van der Waals surface area contributed by atoms with Crippen LogP contribution in [0.2, 0.25) is 5.02 Å². The number of nitrogens with one attached hydrogen (secondary N) is 1. The number of ether oxygens (including phenoxy) is 2. The number of carbonyl (C=O) groups is 1. The van der Waals surface area contributed by atoms with Crippen LogP contribution in [0.4, 0.5) is 0 Å². The maximum atomic E-state index is 12.7. The number of esters is 1. The number of benzene rings is 2. The summed E-state index contributed by atoms with van der Waals surface area (Å²) in [6.07, 6.45) is 0. The molecule has 1 fully saturated rings. The van der Waals surface area contributed by atoms with Crippen molar-refractivity contribution in [2.75, 3.05) is 33.4 Å². The minimum absolute atomic E-state index is 0.0335. The zero-order chi connectivity index (χ0) is 20.9. The van der Waals surface area contributed by atoms with Crippen LogP contribution in [0.1, 0.15) is 21.5 Å². The first-order chi connectivity index (χ1) is 13.9. The van der Waals surface area contributed by atoms with E-state index in [-0.39, 0.29) is 22.0 Å². The highest BCUT2D eigenvalue weighted by atomic mass is 35.5. The smallest absolute Gasteiger partial charge is 0.337 e. The van der Waals surface area contributed by atoms with E-state index in [1.807, 2.05) is 24.3 Å². The van der Waals surface area contributed by atoms with Crippen molar-refractivity contribution in [3.63, 3.8) is 0 Å². The lowest BCUT2D eigenvalue weighted by molar-refractivity contribution is 0.0342. The summed E-state index contributed by atoms with van der Waals surface area (Å²) in [4.78, 5) is 13.8. The lowest BCUT2D eigenvalue weighted by atomic mass is 10.1. The molecule has 3 rings (SSSR count). The summed E-state index contributed by atoms with van der Waals surface area (Å²) in [6.45, 7) is 4.11. The quantitative estimate of drug-likeness (QED) is 0.668. The fourth-order valence-electron chi connectivity index (χ4n) is 3.07. The number of rotatable bonds is 7. The van der Waals surface area contributed by atoms with Crippen LogP contribution in [0.3, 0.4) is 0 Å². The Hall–Kier alpha value is -1.97. The number of nitrogens with zero attached hydrogens (tertiary/aromatic N) is 1. The summed E-state index contributed by atoms with van der Waals surface area (Å²) in [7, 11) is -2.68. The van der Waals surface area contributed by atoms with E-state index < -0.39 is 16.0 Å². The van der Waals surface area contributed by atoms with Gasteiger partial charge in [0.2, 0.25) is 10.0 Å². The van der Waals surface area contributed by atoms with Gasteiger partial charge in [-0.1, -0.05) is 35.9 Å². The van der Waals surface area contributed by atoms with Gasteiger partial charge in [0.25, 0.3) is 0 Å². The molecule has 1 aliphatic heterocycles. The van der Waals surface area contributed by atoms with Gasteiger partial charge < -0.3 is 9.47 Å². The van der Waals surface area contributed by atoms with Gasteiger partial charge in [0.15, 0.2) is 0 Å². The van der Waals surface area contributed by atoms with Gasteiger partial charge in [-0.2, -0.15) is 0 Å². The van der Waals surface area contributed by atoms with Crippen molar-refractivity contribution in [3.8, 4) is 0 Å². The van der Waals surface area contributed by atoms with E-state index in [0.717, 1.165) is 44.0 Å². The van der Waals surface area contributed by atoms with Crippen LogP contribution in [0.25, 0.3) is 0 Å². The van der Waals surface area contributed by atoms with E-state index >= 15 is 0 Å². The van der Waals surface area contributed by atoms with Crippen LogP contribution in [-0.2, 0) is 32.6 Å². The van der Waals surface area contributed by atoms with Crippen molar-refractivity contribution < 1.29 is 22.7 Å². The topological polar surface area (TPSA) is 84.9 Å². The Morgan fingerprint density at radius 3 is 2.62 bits per heavy atom. The molecule has 29 heavy (non-hydrogen) atoms. The number of carbonyl (C=O) groups excluding carboxylic acids is 1. The van der Waals surface area contributed by atoms with Crippen molar-refractivity contribution >= 4 is 27.6 Å². The predicted octanol–water partition coefficient (Wildman–Crippen LogP) is 2.44. The Labute approximate surface area is 175 Å². The van der Waals surface area contributed by atoms with E-state index in [1.165, 1.54) is 25.3 Å². The summed E-state index contributed by atoms with van der Waals surface area (Å²) < 4.78 is 38.0. The molecule has 2 aromatic rings. The standard InChI is InChI=1S/C20H23ClN2O5S/c1-27-20(24)17-5-6-18(21)19(12-17)29(25,26)22-13-15-3-2-4-16(11-15)14-23-7-9-28-10-8-23/h2-6,11-12,22H,7-10,13-14H2,1H3. The molecule has 0 aliphatic carbocycles. The van der Waals surface area contributed by atoms with Gasteiger partial charge >= 0.3 is 5.97 Å². The third kappa shape index (κ3) is 5.77. The molecule has 0 unspecified atom stereocenters. The molecule has 156 valence electrons. The Bertz CT molecular complexity index is 975. The number of sulfonamides is 1. The SMILES string of the molecule is COC(=O)c1ccc(Cl)c(S(=O)(=O)NCc2cccc(CN3CCOCC3)c2)c1. The van der Waals surface area contributed by atoms with E-state index in [9.17, 15) is 13.2 Å². The van der Waals surface area contributed by atoms with Crippen molar-refractivity contribution in [2.45, 2.75) is 18.0 Å². The average molecular weight is 439 g/mol. The third-order valence-electron chi connectivity index (χ3n) is 4.61. The van der Waals surface area contributed by atoms with Crippen LogP contribution in [-0.4, -0.2) is 52.7 Å². The van der Waals surface area contributed by atoms with E-state index in [0.29, 0.717) is 0 Å². The van der Waals surface area contributed by atoms with Gasteiger partial charge in [-0.05, 0) is 29.3 Å². The van der Waals surface area contributed by atoms with Crippen LogP contribution in [0.15, 0.2) is 47.4 Å². The summed E-state index contributed by atoms with van der Waals surface area (Å²) >= 11 is 6.06. The largest absolute Gasteiger partial charge is 0.465 e. The summed E-state index contributed by atoms with van der Waals surface area (Å²) in [5, 5.41) is 0.0335. The zero-order valence-electron chi connectivity index (χ0n) is 16.1. The van der Waals surface area contributed by atoms with Crippen molar-refractivity contribution in [1.82, 2.24) is 9.62 Å². The molecule has 0 saturated carbocycles. The summed E-state index contributed by atoms with van der Waals surface area (Å²) in [5.74, 6) is -0.631. The molecule has 1 aliphatic rings. The molecule has 0 bridgehead atoms. The molecule has 1 heterocycles. The van der Waals surface area contributed by atoms with E-state index in [2.05, 4.69) is 14.4 Å².